The number of rotatable bonds is 9. The van der Waals surface area contributed by atoms with Crippen LogP contribution in [-0.2, 0) is 4.79 Å². The minimum absolute atomic E-state index is 0.418. The van der Waals surface area contributed by atoms with Gasteiger partial charge in [-0.2, -0.15) is 0 Å². The molecule has 0 saturated heterocycles. The minimum Gasteiger partial charge on any atom is -0.496 e. The van der Waals surface area contributed by atoms with Crippen LogP contribution in [0.5, 0.6) is 17.2 Å². The van der Waals surface area contributed by atoms with Crippen LogP contribution in [0.4, 0.5) is 0 Å². The Bertz CT molecular complexity index is 455. The lowest BCUT2D eigenvalue weighted by atomic mass is 9.96. The molecule has 6 nitrogen and oxygen atoms in total. The molecule has 0 amide bonds. The number of aliphatic carboxylic acids is 1. The summed E-state index contributed by atoms with van der Waals surface area (Å²) < 4.78 is 15.9. The molecule has 0 radical (unpaired) electrons. The van der Waals surface area contributed by atoms with Gasteiger partial charge in [-0.3, -0.25) is 4.79 Å². The maximum absolute atomic E-state index is 11.1. The monoisotopic (exact) mass is 297 g/mol. The van der Waals surface area contributed by atoms with Crippen LogP contribution >= 0.6 is 0 Å². The molecule has 1 atom stereocenters. The third-order valence-electron chi connectivity index (χ3n) is 3.44. The fourth-order valence-electron chi connectivity index (χ4n) is 1.82. The van der Waals surface area contributed by atoms with Gasteiger partial charge in [0.15, 0.2) is 0 Å². The van der Waals surface area contributed by atoms with Crippen LogP contribution in [0.3, 0.4) is 0 Å². The summed E-state index contributed by atoms with van der Waals surface area (Å²) in [6.45, 7) is 2.07. The Balaban J connectivity index is 2.54. The van der Waals surface area contributed by atoms with Crippen molar-refractivity contribution in [3.8, 4) is 17.2 Å². The van der Waals surface area contributed by atoms with Gasteiger partial charge in [0, 0.05) is 18.2 Å². The Morgan fingerprint density at radius 1 is 1.19 bits per heavy atom. The summed E-state index contributed by atoms with van der Waals surface area (Å²) in [5.74, 6) is 1.06. The zero-order valence-electron chi connectivity index (χ0n) is 12.9. The van der Waals surface area contributed by atoms with Crippen molar-refractivity contribution in [1.82, 2.24) is 5.32 Å². The Kier molecular flexibility index (Phi) is 6.30. The average Bonchev–Trinajstić information content (AvgIpc) is 2.50. The SMILES string of the molecule is CNC(C)(CCCOc1cc(OC)cc(OC)c1)C(=O)O. The van der Waals surface area contributed by atoms with E-state index in [2.05, 4.69) is 5.32 Å². The average molecular weight is 297 g/mol. The second-order valence-electron chi connectivity index (χ2n) is 4.89. The van der Waals surface area contributed by atoms with E-state index in [4.69, 9.17) is 19.3 Å². The van der Waals surface area contributed by atoms with Gasteiger partial charge in [-0.15, -0.1) is 0 Å². The molecule has 118 valence electrons. The van der Waals surface area contributed by atoms with E-state index in [0.717, 1.165) is 0 Å². The lowest BCUT2D eigenvalue weighted by molar-refractivity contribution is -0.144. The van der Waals surface area contributed by atoms with Gasteiger partial charge in [0.1, 0.15) is 22.8 Å². The summed E-state index contributed by atoms with van der Waals surface area (Å²) in [6, 6.07) is 5.28. The highest BCUT2D eigenvalue weighted by molar-refractivity contribution is 5.78. The molecule has 1 rings (SSSR count). The maximum atomic E-state index is 11.1. The number of likely N-dealkylation sites (N-methyl/N-ethyl adjacent to an activating group) is 1. The zero-order chi connectivity index (χ0) is 15.9. The van der Waals surface area contributed by atoms with Crippen molar-refractivity contribution >= 4 is 5.97 Å². The Hall–Kier alpha value is -1.95. The molecule has 0 aliphatic rings. The van der Waals surface area contributed by atoms with E-state index in [1.807, 2.05) is 0 Å². The highest BCUT2D eigenvalue weighted by atomic mass is 16.5. The summed E-state index contributed by atoms with van der Waals surface area (Å²) in [6.07, 6.45) is 1.09. The first-order chi connectivity index (χ1) is 9.95. The lowest BCUT2D eigenvalue weighted by Crippen LogP contribution is -2.47. The van der Waals surface area contributed by atoms with E-state index < -0.39 is 11.5 Å². The van der Waals surface area contributed by atoms with Crippen molar-refractivity contribution in [3.63, 3.8) is 0 Å². The molecule has 0 spiro atoms. The summed E-state index contributed by atoms with van der Waals surface area (Å²) >= 11 is 0. The molecule has 0 heterocycles. The van der Waals surface area contributed by atoms with E-state index in [1.165, 1.54) is 0 Å². The van der Waals surface area contributed by atoms with Gasteiger partial charge in [-0.05, 0) is 26.8 Å². The molecule has 0 aromatic heterocycles. The van der Waals surface area contributed by atoms with Crippen LogP contribution in [0, 0.1) is 0 Å². The molecule has 1 unspecified atom stereocenters. The first kappa shape index (κ1) is 17.1. The van der Waals surface area contributed by atoms with Gasteiger partial charge in [0.25, 0.3) is 0 Å². The molecular formula is C15H23NO5. The van der Waals surface area contributed by atoms with Crippen molar-refractivity contribution in [2.45, 2.75) is 25.3 Å². The fraction of sp³-hybridized carbons (Fsp3) is 0.533. The van der Waals surface area contributed by atoms with Crippen molar-refractivity contribution in [3.05, 3.63) is 18.2 Å². The van der Waals surface area contributed by atoms with E-state index in [0.29, 0.717) is 36.7 Å². The third-order valence-corrected chi connectivity index (χ3v) is 3.44. The van der Waals surface area contributed by atoms with Gasteiger partial charge in [-0.25, -0.2) is 0 Å². The quantitative estimate of drug-likeness (QED) is 0.678. The van der Waals surface area contributed by atoms with Crippen molar-refractivity contribution in [2.24, 2.45) is 0 Å². The number of hydrogen-bond acceptors (Lipinski definition) is 5. The molecule has 1 aromatic rings. The van der Waals surface area contributed by atoms with Crippen LogP contribution in [-0.4, -0.2) is 44.5 Å². The van der Waals surface area contributed by atoms with E-state index in [1.54, 1.807) is 46.4 Å². The summed E-state index contributed by atoms with van der Waals surface area (Å²) in [7, 11) is 4.79. The van der Waals surface area contributed by atoms with E-state index >= 15 is 0 Å². The molecular weight excluding hydrogens is 274 g/mol. The summed E-state index contributed by atoms with van der Waals surface area (Å²) in [4.78, 5) is 11.1. The molecule has 0 aliphatic heterocycles. The Labute approximate surface area is 125 Å². The fourth-order valence-corrected chi connectivity index (χ4v) is 1.82. The second kappa shape index (κ2) is 7.73. The highest BCUT2D eigenvalue weighted by Gasteiger charge is 2.30. The minimum atomic E-state index is -0.935. The van der Waals surface area contributed by atoms with Gasteiger partial charge in [-0.1, -0.05) is 0 Å². The number of carbonyl (C=O) groups is 1. The standard InChI is InChI=1S/C15H23NO5/c1-15(16-2,14(17)18)6-5-7-21-13-9-11(19-3)8-12(10-13)20-4/h8-10,16H,5-7H2,1-4H3,(H,17,18). The van der Waals surface area contributed by atoms with Gasteiger partial charge >= 0.3 is 5.97 Å². The van der Waals surface area contributed by atoms with Crippen LogP contribution in [0.15, 0.2) is 18.2 Å². The van der Waals surface area contributed by atoms with E-state index in [9.17, 15) is 4.79 Å². The zero-order valence-corrected chi connectivity index (χ0v) is 12.9. The number of nitrogens with one attached hydrogen (secondary N) is 1. The van der Waals surface area contributed by atoms with E-state index in [-0.39, 0.29) is 0 Å². The molecule has 1 aromatic carbocycles. The molecule has 0 fully saturated rings. The van der Waals surface area contributed by atoms with Crippen LogP contribution < -0.4 is 19.5 Å². The number of methoxy groups -OCH3 is 2. The largest absolute Gasteiger partial charge is 0.496 e. The highest BCUT2D eigenvalue weighted by Crippen LogP contribution is 2.27. The molecule has 0 saturated carbocycles. The molecule has 0 bridgehead atoms. The van der Waals surface area contributed by atoms with Gasteiger partial charge in [0.05, 0.1) is 20.8 Å². The van der Waals surface area contributed by atoms with Crippen LogP contribution in [0.1, 0.15) is 19.8 Å². The van der Waals surface area contributed by atoms with Crippen LogP contribution in [0.25, 0.3) is 0 Å². The number of ether oxygens (including phenoxy) is 3. The normalized spacial score (nSPS) is 13.3. The van der Waals surface area contributed by atoms with Crippen LogP contribution in [0.2, 0.25) is 0 Å². The topological polar surface area (TPSA) is 77.0 Å². The lowest BCUT2D eigenvalue weighted by Gasteiger charge is -2.23. The molecule has 2 N–H and O–H groups in total. The van der Waals surface area contributed by atoms with Crippen molar-refractivity contribution in [1.29, 1.82) is 0 Å². The smallest absolute Gasteiger partial charge is 0.323 e. The number of carboxylic acids is 1. The molecule has 0 aliphatic carbocycles. The molecule has 21 heavy (non-hydrogen) atoms. The predicted octanol–water partition coefficient (Wildman–Crippen LogP) is 1.93. The number of hydrogen-bond donors (Lipinski definition) is 2. The Morgan fingerprint density at radius 3 is 2.14 bits per heavy atom. The second-order valence-corrected chi connectivity index (χ2v) is 4.89. The third kappa shape index (κ3) is 4.82. The van der Waals surface area contributed by atoms with Gasteiger partial charge in [0.2, 0.25) is 0 Å². The van der Waals surface area contributed by atoms with Gasteiger partial charge < -0.3 is 24.6 Å². The number of benzene rings is 1. The molecule has 6 heteroatoms. The first-order valence-electron chi connectivity index (χ1n) is 6.73. The first-order valence-corrected chi connectivity index (χ1v) is 6.73. The maximum Gasteiger partial charge on any atom is 0.323 e. The Morgan fingerprint density at radius 2 is 1.71 bits per heavy atom. The summed E-state index contributed by atoms with van der Waals surface area (Å²) in [5, 5.41) is 12.0. The van der Waals surface area contributed by atoms with Crippen molar-refractivity contribution < 1.29 is 24.1 Å². The van der Waals surface area contributed by atoms with Crippen molar-refractivity contribution in [2.75, 3.05) is 27.9 Å². The predicted molar refractivity (Wildman–Crippen MR) is 79.4 cm³/mol. The number of carboxylic acid groups (broad SMARTS) is 1. The summed E-state index contributed by atoms with van der Waals surface area (Å²) in [5.41, 5.74) is -0.935.